The molecule has 1 unspecified atom stereocenters. The van der Waals surface area contributed by atoms with Crippen LogP contribution in [0.1, 0.15) is 44.1 Å². The molecule has 2 N–H and O–H groups in total. The fraction of sp³-hybridized carbons (Fsp3) is 0.435. The van der Waals surface area contributed by atoms with E-state index < -0.39 is 0 Å². The summed E-state index contributed by atoms with van der Waals surface area (Å²) in [6.45, 7) is 10.4. The second-order valence-corrected chi connectivity index (χ2v) is 7.36. The lowest BCUT2D eigenvalue weighted by atomic mass is 10.1. The Morgan fingerprint density at radius 3 is 2.83 bits per heavy atom. The summed E-state index contributed by atoms with van der Waals surface area (Å²) in [5, 5.41) is 15.2. The average Bonchev–Trinajstić information content (AvgIpc) is 3.16. The van der Waals surface area contributed by atoms with Crippen molar-refractivity contribution in [2.75, 3.05) is 13.1 Å². The van der Waals surface area contributed by atoms with Crippen molar-refractivity contribution in [3.8, 4) is 5.75 Å². The van der Waals surface area contributed by atoms with Crippen molar-refractivity contribution in [3.63, 3.8) is 0 Å². The first-order chi connectivity index (χ1) is 14.6. The van der Waals surface area contributed by atoms with Gasteiger partial charge < -0.3 is 15.4 Å². The topological polar surface area (TPSA) is 75.8 Å². The Balaban J connectivity index is 1.64. The Morgan fingerprint density at radius 1 is 1.17 bits per heavy atom. The summed E-state index contributed by atoms with van der Waals surface area (Å²) >= 11 is 0. The number of aliphatic imine (C=N–C) groups is 1. The molecule has 7 heteroatoms. The summed E-state index contributed by atoms with van der Waals surface area (Å²) in [4.78, 5) is 4.76. The molecule has 7 nitrogen and oxygen atoms in total. The first-order valence-electron chi connectivity index (χ1n) is 10.7. The van der Waals surface area contributed by atoms with Crippen molar-refractivity contribution >= 4 is 11.6 Å². The molecule has 2 aromatic heterocycles. The van der Waals surface area contributed by atoms with Gasteiger partial charge in [0.05, 0.1) is 12.6 Å². The molecule has 1 aromatic carbocycles. The number of nitrogens with one attached hydrogen (secondary N) is 2. The van der Waals surface area contributed by atoms with Gasteiger partial charge >= 0.3 is 0 Å². The van der Waals surface area contributed by atoms with Crippen molar-refractivity contribution < 1.29 is 4.74 Å². The van der Waals surface area contributed by atoms with Gasteiger partial charge in [0.2, 0.25) is 0 Å². The van der Waals surface area contributed by atoms with Crippen LogP contribution in [0.2, 0.25) is 0 Å². The molecule has 0 aliphatic heterocycles. The highest BCUT2D eigenvalue weighted by molar-refractivity contribution is 5.79. The number of aromatic nitrogens is 3. The van der Waals surface area contributed by atoms with Gasteiger partial charge in [-0.1, -0.05) is 25.1 Å². The number of fused-ring (bicyclic) bond motifs is 1. The molecule has 3 rings (SSSR count). The molecule has 0 aliphatic rings. The van der Waals surface area contributed by atoms with E-state index in [9.17, 15) is 0 Å². The van der Waals surface area contributed by atoms with E-state index in [-0.39, 0.29) is 6.10 Å². The van der Waals surface area contributed by atoms with Gasteiger partial charge in [-0.2, -0.15) is 0 Å². The Hall–Kier alpha value is -3.09. The minimum absolute atomic E-state index is 0.180. The second kappa shape index (κ2) is 10.6. The van der Waals surface area contributed by atoms with Gasteiger partial charge in [-0.25, -0.2) is 4.99 Å². The van der Waals surface area contributed by atoms with Gasteiger partial charge in [0, 0.05) is 31.3 Å². The molecule has 0 aliphatic carbocycles. The van der Waals surface area contributed by atoms with Crippen LogP contribution in [-0.2, 0) is 13.0 Å². The van der Waals surface area contributed by atoms with E-state index in [4.69, 9.17) is 9.73 Å². The Morgan fingerprint density at radius 2 is 2.03 bits per heavy atom. The van der Waals surface area contributed by atoms with Crippen LogP contribution in [0.15, 0.2) is 47.6 Å². The van der Waals surface area contributed by atoms with E-state index >= 15 is 0 Å². The Labute approximate surface area is 178 Å². The van der Waals surface area contributed by atoms with Crippen molar-refractivity contribution in [2.24, 2.45) is 4.99 Å². The zero-order chi connectivity index (χ0) is 21.3. The molecule has 0 spiro atoms. The summed E-state index contributed by atoms with van der Waals surface area (Å²) in [5.41, 5.74) is 3.13. The number of nitrogens with zero attached hydrogens (tertiary/aromatic N) is 4. The lowest BCUT2D eigenvalue weighted by molar-refractivity contribution is 0.215. The second-order valence-electron chi connectivity index (χ2n) is 7.36. The fourth-order valence-electron chi connectivity index (χ4n) is 3.06. The number of guanidine groups is 1. The molecule has 2 heterocycles. The quantitative estimate of drug-likeness (QED) is 0.419. The molecule has 3 aromatic rings. The van der Waals surface area contributed by atoms with E-state index in [1.54, 1.807) is 0 Å². The highest BCUT2D eigenvalue weighted by atomic mass is 16.5. The molecular weight excluding hydrogens is 376 g/mol. The molecule has 160 valence electrons. The maximum absolute atomic E-state index is 6.11. The smallest absolute Gasteiger partial charge is 0.191 e. The zero-order valence-corrected chi connectivity index (χ0v) is 18.4. The van der Waals surface area contributed by atoms with Crippen LogP contribution in [0.5, 0.6) is 5.75 Å². The zero-order valence-electron chi connectivity index (χ0n) is 18.4. The number of aryl methyl sites for hydroxylation is 1. The third kappa shape index (κ3) is 5.72. The molecule has 1 atom stereocenters. The van der Waals surface area contributed by atoms with Crippen LogP contribution in [0.25, 0.3) is 5.65 Å². The van der Waals surface area contributed by atoms with Crippen LogP contribution in [0.4, 0.5) is 0 Å². The summed E-state index contributed by atoms with van der Waals surface area (Å²) in [6.07, 6.45) is 3.89. The van der Waals surface area contributed by atoms with E-state index in [0.717, 1.165) is 48.1 Å². The van der Waals surface area contributed by atoms with Crippen molar-refractivity contribution in [1.29, 1.82) is 0 Å². The highest BCUT2D eigenvalue weighted by Crippen LogP contribution is 2.23. The largest absolute Gasteiger partial charge is 0.490 e. The lowest BCUT2D eigenvalue weighted by Crippen LogP contribution is -2.38. The number of hydrogen-bond acceptors (Lipinski definition) is 4. The summed E-state index contributed by atoms with van der Waals surface area (Å²) in [5.74, 6) is 2.62. The Kier molecular flexibility index (Phi) is 7.65. The summed E-state index contributed by atoms with van der Waals surface area (Å²) in [7, 11) is 0. The number of benzene rings is 1. The van der Waals surface area contributed by atoms with Crippen LogP contribution in [0.3, 0.4) is 0 Å². The maximum Gasteiger partial charge on any atom is 0.191 e. The number of ether oxygens (including phenoxy) is 1. The van der Waals surface area contributed by atoms with Gasteiger partial charge in [-0.3, -0.25) is 4.40 Å². The van der Waals surface area contributed by atoms with E-state index in [1.165, 1.54) is 5.56 Å². The van der Waals surface area contributed by atoms with Crippen LogP contribution >= 0.6 is 0 Å². The first kappa shape index (κ1) is 21.6. The van der Waals surface area contributed by atoms with Crippen LogP contribution in [0, 0.1) is 6.92 Å². The predicted molar refractivity (Wildman–Crippen MR) is 121 cm³/mol. The first-order valence-corrected chi connectivity index (χ1v) is 10.7. The van der Waals surface area contributed by atoms with E-state index in [1.807, 2.05) is 28.8 Å². The molecular formula is C23H32N6O. The predicted octanol–water partition coefficient (Wildman–Crippen LogP) is 3.51. The maximum atomic E-state index is 6.11. The Bertz CT molecular complexity index is 981. The normalized spacial score (nSPS) is 12.7. The molecule has 0 saturated heterocycles. The lowest BCUT2D eigenvalue weighted by Gasteiger charge is -2.17. The van der Waals surface area contributed by atoms with Gasteiger partial charge in [0.1, 0.15) is 11.6 Å². The van der Waals surface area contributed by atoms with Gasteiger partial charge in [0.25, 0.3) is 0 Å². The molecule has 0 radical (unpaired) electrons. The molecule has 30 heavy (non-hydrogen) atoms. The van der Waals surface area contributed by atoms with Crippen molar-refractivity contribution in [1.82, 2.24) is 25.2 Å². The molecule has 0 amide bonds. The highest BCUT2D eigenvalue weighted by Gasteiger charge is 2.09. The number of pyridine rings is 1. The average molecular weight is 409 g/mol. The number of rotatable bonds is 9. The molecule has 0 bridgehead atoms. The minimum atomic E-state index is 0.180. The summed E-state index contributed by atoms with van der Waals surface area (Å²) < 4.78 is 8.12. The van der Waals surface area contributed by atoms with E-state index in [0.29, 0.717) is 13.1 Å². The monoisotopic (exact) mass is 408 g/mol. The van der Waals surface area contributed by atoms with Crippen LogP contribution in [-0.4, -0.2) is 39.8 Å². The van der Waals surface area contributed by atoms with Crippen LogP contribution < -0.4 is 15.4 Å². The third-order valence-electron chi connectivity index (χ3n) is 4.90. The van der Waals surface area contributed by atoms with Gasteiger partial charge in [0.15, 0.2) is 11.6 Å². The number of hydrogen-bond donors (Lipinski definition) is 2. The third-order valence-corrected chi connectivity index (χ3v) is 4.90. The molecule has 0 saturated carbocycles. The molecule has 0 fully saturated rings. The SMILES string of the molecule is CCNC(=NCc1ccc(C)cc1OC(C)CC)NCCc1nnc2ccccn12. The van der Waals surface area contributed by atoms with Crippen molar-refractivity contribution in [2.45, 2.75) is 53.2 Å². The van der Waals surface area contributed by atoms with Gasteiger partial charge in [-0.05, 0) is 51.0 Å². The van der Waals surface area contributed by atoms with E-state index in [2.05, 4.69) is 66.7 Å². The summed E-state index contributed by atoms with van der Waals surface area (Å²) in [6, 6.07) is 12.2. The van der Waals surface area contributed by atoms with Crippen molar-refractivity contribution in [3.05, 3.63) is 59.5 Å². The fourth-order valence-corrected chi connectivity index (χ4v) is 3.06. The van der Waals surface area contributed by atoms with Gasteiger partial charge in [-0.15, -0.1) is 10.2 Å². The minimum Gasteiger partial charge on any atom is -0.490 e. The standard InChI is InChI=1S/C23H32N6O/c1-5-18(4)30-20-15-17(3)10-11-19(20)16-26-23(24-6-2)25-13-12-22-28-27-21-9-7-8-14-29(21)22/h7-11,14-15,18H,5-6,12-13,16H2,1-4H3,(H2,24,25,26).